The summed E-state index contributed by atoms with van der Waals surface area (Å²) in [5, 5.41) is 0.995. The van der Waals surface area contributed by atoms with E-state index in [2.05, 4.69) is 10.9 Å². The molecule has 0 radical (unpaired) electrons. The van der Waals surface area contributed by atoms with Crippen LogP contribution < -0.4 is 20.3 Å². The van der Waals surface area contributed by atoms with Crippen molar-refractivity contribution in [3.05, 3.63) is 51.0 Å². The number of carbonyl (C=O) groups is 1. The molecule has 2 aromatic rings. The molecule has 0 unspecified atom stereocenters. The molecule has 3 rings (SSSR count). The minimum absolute atomic E-state index is 0.147. The zero-order valence-electron chi connectivity index (χ0n) is 11.0. The molecule has 8 heteroatoms. The predicted octanol–water partition coefficient (Wildman–Crippen LogP) is 4.13. The van der Waals surface area contributed by atoms with Gasteiger partial charge < -0.3 is 9.47 Å². The first-order chi connectivity index (χ1) is 10.5. The largest absolute Gasteiger partial charge is 0.454 e. The lowest BCUT2D eigenvalue weighted by molar-refractivity contribution is 0.0962. The first-order valence-electron chi connectivity index (χ1n) is 6.15. The van der Waals surface area contributed by atoms with Crippen LogP contribution in [-0.4, -0.2) is 12.7 Å². The van der Waals surface area contributed by atoms with Gasteiger partial charge in [-0.05, 0) is 30.3 Å². The molecule has 22 heavy (non-hydrogen) atoms. The van der Waals surface area contributed by atoms with Crippen LogP contribution in [0.25, 0.3) is 0 Å². The first-order valence-corrected chi connectivity index (χ1v) is 7.28. The van der Waals surface area contributed by atoms with E-state index in [4.69, 9.17) is 44.3 Å². The van der Waals surface area contributed by atoms with Gasteiger partial charge in [-0.15, -0.1) is 0 Å². The van der Waals surface area contributed by atoms with Crippen LogP contribution >= 0.6 is 34.8 Å². The number of amides is 1. The van der Waals surface area contributed by atoms with Gasteiger partial charge in [0.15, 0.2) is 11.5 Å². The molecule has 1 aliphatic heterocycles. The SMILES string of the molecule is O=C(NNc1c(Cl)cc(Cl)cc1Cl)c1ccc2c(c1)OCO2. The Morgan fingerprint density at radius 3 is 2.41 bits per heavy atom. The smallest absolute Gasteiger partial charge is 0.269 e. The summed E-state index contributed by atoms with van der Waals surface area (Å²) in [5.74, 6) is 0.754. The Labute approximate surface area is 141 Å². The van der Waals surface area contributed by atoms with Crippen molar-refractivity contribution in [3.8, 4) is 11.5 Å². The van der Waals surface area contributed by atoms with Gasteiger partial charge in [-0.1, -0.05) is 34.8 Å². The summed E-state index contributed by atoms with van der Waals surface area (Å²) in [6, 6.07) is 7.91. The van der Waals surface area contributed by atoms with Crippen molar-refractivity contribution < 1.29 is 14.3 Å². The predicted molar refractivity (Wildman–Crippen MR) is 85.1 cm³/mol. The highest BCUT2D eigenvalue weighted by atomic mass is 35.5. The molecule has 2 aromatic carbocycles. The number of benzene rings is 2. The molecule has 0 spiro atoms. The van der Waals surface area contributed by atoms with Gasteiger partial charge in [-0.2, -0.15) is 0 Å². The summed E-state index contributed by atoms with van der Waals surface area (Å²) in [6.07, 6.45) is 0. The van der Waals surface area contributed by atoms with Crippen LogP contribution in [0, 0.1) is 0 Å². The fraction of sp³-hybridized carbons (Fsp3) is 0.0714. The number of ether oxygens (including phenoxy) is 2. The fourth-order valence-corrected chi connectivity index (χ4v) is 2.80. The average molecular weight is 360 g/mol. The monoisotopic (exact) mass is 358 g/mol. The topological polar surface area (TPSA) is 59.6 Å². The summed E-state index contributed by atoms with van der Waals surface area (Å²) in [4.78, 5) is 12.1. The molecule has 5 nitrogen and oxygen atoms in total. The second-order valence-corrected chi connectivity index (χ2v) is 5.64. The van der Waals surface area contributed by atoms with Crippen LogP contribution in [-0.2, 0) is 0 Å². The summed E-state index contributed by atoms with van der Waals surface area (Å²) in [5.41, 5.74) is 5.95. The normalized spacial score (nSPS) is 12.1. The lowest BCUT2D eigenvalue weighted by Crippen LogP contribution is -2.29. The van der Waals surface area contributed by atoms with Crippen LogP contribution in [0.4, 0.5) is 5.69 Å². The molecule has 1 heterocycles. The molecule has 0 fully saturated rings. The third kappa shape index (κ3) is 3.02. The van der Waals surface area contributed by atoms with Crippen molar-refractivity contribution in [3.63, 3.8) is 0 Å². The molecule has 0 aromatic heterocycles. The van der Waals surface area contributed by atoms with E-state index in [0.717, 1.165) is 0 Å². The lowest BCUT2D eigenvalue weighted by atomic mass is 10.2. The van der Waals surface area contributed by atoms with Gasteiger partial charge in [-0.3, -0.25) is 15.6 Å². The summed E-state index contributed by atoms with van der Waals surface area (Å²) in [7, 11) is 0. The maximum absolute atomic E-state index is 12.1. The van der Waals surface area contributed by atoms with Gasteiger partial charge in [-0.25, -0.2) is 0 Å². The third-order valence-corrected chi connectivity index (χ3v) is 3.76. The van der Waals surface area contributed by atoms with Crippen molar-refractivity contribution in [2.45, 2.75) is 0 Å². The summed E-state index contributed by atoms with van der Waals surface area (Å²) in [6.45, 7) is 0.147. The number of carbonyl (C=O) groups excluding carboxylic acids is 1. The molecule has 0 aliphatic carbocycles. The second-order valence-electron chi connectivity index (χ2n) is 4.39. The molecule has 1 amide bonds. The van der Waals surface area contributed by atoms with Gasteiger partial charge in [0.1, 0.15) is 0 Å². The molecular formula is C14H9Cl3N2O3. The second kappa shape index (κ2) is 6.12. The Balaban J connectivity index is 1.73. The Morgan fingerprint density at radius 2 is 1.68 bits per heavy atom. The number of hydrogen-bond donors (Lipinski definition) is 2. The highest BCUT2D eigenvalue weighted by Gasteiger charge is 2.16. The van der Waals surface area contributed by atoms with Gasteiger partial charge in [0, 0.05) is 10.6 Å². The van der Waals surface area contributed by atoms with E-state index in [1.807, 2.05) is 0 Å². The van der Waals surface area contributed by atoms with Gasteiger partial charge in [0.05, 0.1) is 15.7 Å². The molecule has 114 valence electrons. The Morgan fingerprint density at radius 1 is 1.00 bits per heavy atom. The van der Waals surface area contributed by atoms with E-state index in [9.17, 15) is 4.79 Å². The van der Waals surface area contributed by atoms with Crippen LogP contribution in [0.3, 0.4) is 0 Å². The minimum Gasteiger partial charge on any atom is -0.454 e. The number of hydrogen-bond acceptors (Lipinski definition) is 4. The molecule has 1 aliphatic rings. The average Bonchev–Trinajstić information content (AvgIpc) is 2.93. The highest BCUT2D eigenvalue weighted by Crippen LogP contribution is 2.34. The van der Waals surface area contributed by atoms with Crippen LogP contribution in [0.2, 0.25) is 15.1 Å². The van der Waals surface area contributed by atoms with E-state index >= 15 is 0 Å². The zero-order chi connectivity index (χ0) is 15.7. The van der Waals surface area contributed by atoms with Crippen LogP contribution in [0.5, 0.6) is 11.5 Å². The quantitative estimate of drug-likeness (QED) is 0.809. The van der Waals surface area contributed by atoms with Gasteiger partial charge >= 0.3 is 0 Å². The maximum atomic E-state index is 12.1. The van der Waals surface area contributed by atoms with Crippen molar-refractivity contribution in [2.75, 3.05) is 12.2 Å². The van der Waals surface area contributed by atoms with Crippen molar-refractivity contribution in [1.29, 1.82) is 0 Å². The van der Waals surface area contributed by atoms with Crippen LogP contribution in [0.1, 0.15) is 10.4 Å². The Bertz CT molecular complexity index is 729. The number of fused-ring (bicyclic) bond motifs is 1. The Hall–Kier alpha value is -1.82. The maximum Gasteiger partial charge on any atom is 0.269 e. The zero-order valence-corrected chi connectivity index (χ0v) is 13.2. The molecular weight excluding hydrogens is 351 g/mol. The first kappa shape index (κ1) is 15.1. The van der Waals surface area contributed by atoms with Gasteiger partial charge in [0.2, 0.25) is 6.79 Å². The van der Waals surface area contributed by atoms with E-state index in [1.54, 1.807) is 18.2 Å². The summed E-state index contributed by atoms with van der Waals surface area (Å²) < 4.78 is 10.4. The van der Waals surface area contributed by atoms with E-state index < -0.39 is 0 Å². The van der Waals surface area contributed by atoms with E-state index in [0.29, 0.717) is 37.8 Å². The number of rotatable bonds is 3. The van der Waals surface area contributed by atoms with Crippen molar-refractivity contribution in [1.82, 2.24) is 5.43 Å². The number of nitrogens with one attached hydrogen (secondary N) is 2. The van der Waals surface area contributed by atoms with E-state index in [1.165, 1.54) is 12.1 Å². The number of anilines is 1. The number of halogens is 3. The highest BCUT2D eigenvalue weighted by molar-refractivity contribution is 6.41. The number of hydrazine groups is 1. The molecule has 0 saturated heterocycles. The summed E-state index contributed by atoms with van der Waals surface area (Å²) >= 11 is 17.9. The molecule has 0 saturated carbocycles. The molecule has 2 N–H and O–H groups in total. The Kier molecular flexibility index (Phi) is 4.20. The lowest BCUT2D eigenvalue weighted by Gasteiger charge is -2.12. The van der Waals surface area contributed by atoms with E-state index in [-0.39, 0.29) is 12.7 Å². The van der Waals surface area contributed by atoms with Crippen molar-refractivity contribution >= 4 is 46.4 Å². The van der Waals surface area contributed by atoms with Crippen LogP contribution in [0.15, 0.2) is 30.3 Å². The molecule has 0 atom stereocenters. The minimum atomic E-state index is -0.375. The van der Waals surface area contributed by atoms with Crippen molar-refractivity contribution in [2.24, 2.45) is 0 Å². The fourth-order valence-electron chi connectivity index (χ4n) is 1.89. The van der Waals surface area contributed by atoms with Gasteiger partial charge in [0.25, 0.3) is 5.91 Å². The molecule has 0 bridgehead atoms. The standard InChI is InChI=1S/C14H9Cl3N2O3/c15-8-4-9(16)13(10(17)5-8)18-19-14(20)7-1-2-11-12(3-7)22-6-21-11/h1-5,18H,6H2,(H,19,20). The third-order valence-electron chi connectivity index (χ3n) is 2.94.